The molecular formula is C17H27N3. The van der Waals surface area contributed by atoms with Crippen LogP contribution in [0.5, 0.6) is 0 Å². The number of pyridine rings is 1. The molecule has 2 fully saturated rings. The van der Waals surface area contributed by atoms with Gasteiger partial charge >= 0.3 is 0 Å². The monoisotopic (exact) mass is 273 g/mol. The van der Waals surface area contributed by atoms with E-state index < -0.39 is 0 Å². The van der Waals surface area contributed by atoms with Gasteiger partial charge in [-0.15, -0.1) is 0 Å². The summed E-state index contributed by atoms with van der Waals surface area (Å²) in [6, 6.07) is 6.10. The van der Waals surface area contributed by atoms with Gasteiger partial charge < -0.3 is 10.2 Å². The van der Waals surface area contributed by atoms with Gasteiger partial charge in [0.25, 0.3) is 0 Å². The second kappa shape index (κ2) is 6.13. The van der Waals surface area contributed by atoms with Gasteiger partial charge in [-0.1, -0.05) is 13.8 Å². The Morgan fingerprint density at radius 2 is 2.00 bits per heavy atom. The predicted molar refractivity (Wildman–Crippen MR) is 84.1 cm³/mol. The van der Waals surface area contributed by atoms with Crippen LogP contribution in [-0.2, 0) is 13.0 Å². The molecule has 3 nitrogen and oxygen atoms in total. The molecule has 2 aliphatic rings. The normalized spacial score (nSPS) is 18.3. The van der Waals surface area contributed by atoms with Crippen molar-refractivity contribution in [3.8, 4) is 0 Å². The van der Waals surface area contributed by atoms with E-state index in [4.69, 9.17) is 4.98 Å². The van der Waals surface area contributed by atoms with E-state index >= 15 is 0 Å². The van der Waals surface area contributed by atoms with E-state index in [-0.39, 0.29) is 0 Å². The Morgan fingerprint density at radius 1 is 1.20 bits per heavy atom. The zero-order valence-electron chi connectivity index (χ0n) is 12.9. The van der Waals surface area contributed by atoms with Crippen molar-refractivity contribution >= 4 is 5.82 Å². The summed E-state index contributed by atoms with van der Waals surface area (Å²) in [6.07, 6.45) is 7.60. The van der Waals surface area contributed by atoms with Crippen molar-refractivity contribution in [2.75, 3.05) is 11.4 Å². The molecule has 0 aromatic carbocycles. The van der Waals surface area contributed by atoms with E-state index in [9.17, 15) is 0 Å². The summed E-state index contributed by atoms with van der Waals surface area (Å²) >= 11 is 0. The highest BCUT2D eigenvalue weighted by molar-refractivity contribution is 5.45. The number of rotatable bonds is 8. The number of anilines is 1. The molecule has 20 heavy (non-hydrogen) atoms. The van der Waals surface area contributed by atoms with Crippen molar-refractivity contribution in [2.24, 2.45) is 0 Å². The number of aryl methyl sites for hydroxylation is 1. The average Bonchev–Trinajstić information content (AvgIpc) is 3.35. The van der Waals surface area contributed by atoms with Crippen LogP contribution >= 0.6 is 0 Å². The molecule has 0 aliphatic heterocycles. The van der Waals surface area contributed by atoms with E-state index in [0.29, 0.717) is 0 Å². The minimum absolute atomic E-state index is 0.749. The van der Waals surface area contributed by atoms with Gasteiger partial charge in [-0.05, 0) is 56.2 Å². The first kappa shape index (κ1) is 13.9. The Kier molecular flexibility index (Phi) is 4.25. The number of nitrogens with one attached hydrogen (secondary N) is 1. The standard InChI is InChI=1S/C17H27N3/c1-3-9-20(16-7-8-16)17-11-13(10-14(4-2)19-17)12-18-15-5-6-15/h10-11,15-16,18H,3-9,12H2,1-2H3. The SMILES string of the molecule is CCCN(c1cc(CNC2CC2)cc(CC)n1)C1CC1. The van der Waals surface area contributed by atoms with Crippen LogP contribution in [0.4, 0.5) is 5.82 Å². The Bertz CT molecular complexity index is 450. The predicted octanol–water partition coefficient (Wildman–Crippen LogP) is 3.27. The Balaban J connectivity index is 1.77. The molecule has 0 unspecified atom stereocenters. The van der Waals surface area contributed by atoms with Crippen LogP contribution in [0, 0.1) is 0 Å². The zero-order chi connectivity index (χ0) is 13.9. The van der Waals surface area contributed by atoms with Gasteiger partial charge in [0, 0.05) is 30.9 Å². The molecule has 2 aliphatic carbocycles. The van der Waals surface area contributed by atoms with Crippen LogP contribution in [0.25, 0.3) is 0 Å². The fraction of sp³-hybridized carbons (Fsp3) is 0.706. The third kappa shape index (κ3) is 3.51. The Morgan fingerprint density at radius 3 is 2.60 bits per heavy atom. The lowest BCUT2D eigenvalue weighted by molar-refractivity contribution is 0.683. The number of hydrogen-bond donors (Lipinski definition) is 1. The van der Waals surface area contributed by atoms with Gasteiger partial charge in [0.15, 0.2) is 0 Å². The van der Waals surface area contributed by atoms with Crippen molar-refractivity contribution < 1.29 is 0 Å². The molecule has 0 bridgehead atoms. The van der Waals surface area contributed by atoms with Crippen LogP contribution in [0.2, 0.25) is 0 Å². The largest absolute Gasteiger partial charge is 0.354 e. The van der Waals surface area contributed by atoms with Crippen molar-refractivity contribution in [3.63, 3.8) is 0 Å². The summed E-state index contributed by atoms with van der Waals surface area (Å²) in [5.41, 5.74) is 2.64. The molecule has 0 atom stereocenters. The number of nitrogens with zero attached hydrogens (tertiary/aromatic N) is 2. The lowest BCUT2D eigenvalue weighted by Crippen LogP contribution is -2.28. The summed E-state index contributed by atoms with van der Waals surface area (Å²) in [5.74, 6) is 1.21. The van der Waals surface area contributed by atoms with Crippen LogP contribution in [0.1, 0.15) is 57.2 Å². The molecule has 3 heteroatoms. The quantitative estimate of drug-likeness (QED) is 0.788. The molecule has 110 valence electrons. The Labute approximate surface area is 122 Å². The summed E-state index contributed by atoms with van der Waals surface area (Å²) in [6.45, 7) is 6.60. The number of hydrogen-bond acceptors (Lipinski definition) is 3. The van der Waals surface area contributed by atoms with Gasteiger partial charge in [-0.3, -0.25) is 0 Å². The van der Waals surface area contributed by atoms with Crippen molar-refractivity contribution in [1.82, 2.24) is 10.3 Å². The molecule has 0 saturated heterocycles. The molecule has 3 rings (SSSR count). The van der Waals surface area contributed by atoms with Gasteiger partial charge in [-0.25, -0.2) is 4.98 Å². The minimum atomic E-state index is 0.749. The molecule has 1 heterocycles. The molecular weight excluding hydrogens is 246 g/mol. The maximum absolute atomic E-state index is 4.87. The lowest BCUT2D eigenvalue weighted by Gasteiger charge is -2.24. The molecule has 1 aromatic rings. The first-order valence-corrected chi connectivity index (χ1v) is 8.30. The minimum Gasteiger partial charge on any atom is -0.354 e. The summed E-state index contributed by atoms with van der Waals surface area (Å²) in [5, 5.41) is 3.62. The van der Waals surface area contributed by atoms with Crippen molar-refractivity contribution in [2.45, 2.75) is 71.0 Å². The molecule has 0 radical (unpaired) electrons. The maximum atomic E-state index is 4.87. The highest BCUT2D eigenvalue weighted by Crippen LogP contribution is 2.31. The van der Waals surface area contributed by atoms with Gasteiger partial charge in [0.2, 0.25) is 0 Å². The third-order valence-corrected chi connectivity index (χ3v) is 4.21. The zero-order valence-corrected chi connectivity index (χ0v) is 12.9. The van der Waals surface area contributed by atoms with E-state index in [2.05, 4.69) is 36.2 Å². The second-order valence-electron chi connectivity index (χ2n) is 6.26. The molecule has 0 amide bonds. The molecule has 1 N–H and O–H groups in total. The lowest BCUT2D eigenvalue weighted by atomic mass is 10.2. The van der Waals surface area contributed by atoms with Gasteiger partial charge in [0.05, 0.1) is 0 Å². The van der Waals surface area contributed by atoms with E-state index in [1.807, 2.05) is 0 Å². The second-order valence-corrected chi connectivity index (χ2v) is 6.26. The summed E-state index contributed by atoms with van der Waals surface area (Å²) in [4.78, 5) is 7.40. The summed E-state index contributed by atoms with van der Waals surface area (Å²) in [7, 11) is 0. The fourth-order valence-corrected chi connectivity index (χ4v) is 2.72. The van der Waals surface area contributed by atoms with Crippen molar-refractivity contribution in [3.05, 3.63) is 23.4 Å². The Hall–Kier alpha value is -1.09. The van der Waals surface area contributed by atoms with Crippen LogP contribution in [-0.4, -0.2) is 23.6 Å². The van der Waals surface area contributed by atoms with Gasteiger partial charge in [0.1, 0.15) is 5.82 Å². The topological polar surface area (TPSA) is 28.2 Å². The van der Waals surface area contributed by atoms with Gasteiger partial charge in [-0.2, -0.15) is 0 Å². The third-order valence-electron chi connectivity index (χ3n) is 4.21. The molecule has 2 saturated carbocycles. The fourth-order valence-electron chi connectivity index (χ4n) is 2.72. The van der Waals surface area contributed by atoms with Crippen LogP contribution in [0.3, 0.4) is 0 Å². The van der Waals surface area contributed by atoms with E-state index in [1.54, 1.807) is 0 Å². The summed E-state index contributed by atoms with van der Waals surface area (Å²) < 4.78 is 0. The number of aromatic nitrogens is 1. The molecule has 0 spiro atoms. The van der Waals surface area contributed by atoms with E-state index in [1.165, 1.54) is 49.2 Å². The van der Waals surface area contributed by atoms with E-state index in [0.717, 1.165) is 31.6 Å². The first-order chi connectivity index (χ1) is 9.80. The average molecular weight is 273 g/mol. The smallest absolute Gasteiger partial charge is 0.129 e. The molecule has 1 aromatic heterocycles. The maximum Gasteiger partial charge on any atom is 0.129 e. The van der Waals surface area contributed by atoms with Crippen LogP contribution < -0.4 is 10.2 Å². The van der Waals surface area contributed by atoms with Crippen LogP contribution in [0.15, 0.2) is 12.1 Å². The highest BCUT2D eigenvalue weighted by atomic mass is 15.2. The van der Waals surface area contributed by atoms with Crippen molar-refractivity contribution in [1.29, 1.82) is 0 Å². The highest BCUT2D eigenvalue weighted by Gasteiger charge is 2.29. The first-order valence-electron chi connectivity index (χ1n) is 8.30.